The maximum Gasteiger partial charge on any atom is 0.280 e. The number of anilines is 2. The summed E-state index contributed by atoms with van der Waals surface area (Å²) in [5.74, 6) is 5.63. The molecule has 8 N–H and O–H groups in total. The van der Waals surface area contributed by atoms with E-state index in [1.54, 1.807) is 0 Å². The number of fused-ring (bicyclic) bond motifs is 1. The number of rotatable bonds is 3. The van der Waals surface area contributed by atoms with Crippen LogP contribution >= 0.6 is 0 Å². The van der Waals surface area contributed by atoms with Gasteiger partial charge in [0, 0.05) is 7.05 Å². The van der Waals surface area contributed by atoms with Crippen molar-refractivity contribution in [3.8, 4) is 0 Å². The molecule has 0 aromatic carbocycles. The molecule has 23 heavy (non-hydrogen) atoms. The topological polar surface area (TPSA) is 189 Å². The highest BCUT2D eigenvalue weighted by Gasteiger charge is 2.45. The first kappa shape index (κ1) is 15.6. The van der Waals surface area contributed by atoms with E-state index < -0.39 is 36.7 Å². The minimum Gasteiger partial charge on any atom is -0.394 e. The molecular weight excluding hydrogens is 310 g/mol. The Morgan fingerprint density at radius 1 is 1.39 bits per heavy atom. The van der Waals surface area contributed by atoms with Gasteiger partial charge in [-0.25, -0.2) is 10.8 Å². The first-order chi connectivity index (χ1) is 10.8. The first-order valence-electron chi connectivity index (χ1n) is 6.73. The van der Waals surface area contributed by atoms with E-state index in [1.165, 1.54) is 11.6 Å². The normalized spacial score (nSPS) is 27.7. The van der Waals surface area contributed by atoms with Crippen LogP contribution in [0.15, 0.2) is 4.79 Å². The van der Waals surface area contributed by atoms with Crippen LogP contribution in [0.4, 0.5) is 11.9 Å². The second kappa shape index (κ2) is 5.43. The molecular formula is C11H17N7O5. The third-order valence-electron chi connectivity index (χ3n) is 3.64. The summed E-state index contributed by atoms with van der Waals surface area (Å²) in [5.41, 5.74) is 4.95. The quantitative estimate of drug-likeness (QED) is 0.245. The summed E-state index contributed by atoms with van der Waals surface area (Å²) in [6.45, 7) is -0.495. The summed E-state index contributed by atoms with van der Waals surface area (Å²) in [7, 11) is 1.47. The van der Waals surface area contributed by atoms with Gasteiger partial charge in [-0.3, -0.25) is 19.4 Å². The number of nitrogen functional groups attached to an aromatic ring is 1. The Balaban J connectivity index is 2.23. The molecule has 0 aliphatic carbocycles. The number of aliphatic hydroxyl groups excluding tert-OH is 3. The minimum absolute atomic E-state index is 0.0355. The van der Waals surface area contributed by atoms with Crippen molar-refractivity contribution in [3.05, 3.63) is 10.4 Å². The number of nitrogens with zero attached hydrogens (tertiary/aromatic N) is 4. The largest absolute Gasteiger partial charge is 0.394 e. The third-order valence-corrected chi connectivity index (χ3v) is 3.64. The predicted octanol–water partition coefficient (Wildman–Crippen LogP) is -3.38. The molecule has 4 atom stereocenters. The number of aliphatic hydroxyl groups is 3. The molecule has 0 radical (unpaired) electrons. The molecule has 12 nitrogen and oxygen atoms in total. The van der Waals surface area contributed by atoms with Gasteiger partial charge in [-0.15, -0.1) is 0 Å². The van der Waals surface area contributed by atoms with E-state index in [0.29, 0.717) is 0 Å². The van der Waals surface area contributed by atoms with E-state index in [1.807, 2.05) is 0 Å². The molecule has 2 aromatic rings. The number of nitrogens with two attached hydrogens (primary N) is 2. The number of H-pyrrole nitrogens is 1. The van der Waals surface area contributed by atoms with Gasteiger partial charge in [0.25, 0.3) is 5.56 Å². The Kier molecular flexibility index (Phi) is 3.69. The molecule has 2 aromatic heterocycles. The lowest BCUT2D eigenvalue weighted by molar-refractivity contribution is -0.0504. The minimum atomic E-state index is -1.38. The number of hydrogen-bond acceptors (Lipinski definition) is 10. The Morgan fingerprint density at radius 3 is 2.65 bits per heavy atom. The van der Waals surface area contributed by atoms with Crippen LogP contribution in [0.1, 0.15) is 6.23 Å². The monoisotopic (exact) mass is 327 g/mol. The van der Waals surface area contributed by atoms with Crippen molar-refractivity contribution in [3.63, 3.8) is 0 Å². The molecule has 126 valence electrons. The molecule has 0 unspecified atom stereocenters. The number of hydrogen-bond donors (Lipinski definition) is 6. The molecule has 3 rings (SSSR count). The fourth-order valence-electron chi connectivity index (χ4n) is 2.57. The van der Waals surface area contributed by atoms with Crippen LogP contribution in [0.25, 0.3) is 11.2 Å². The number of aromatic nitrogens is 4. The van der Waals surface area contributed by atoms with Crippen LogP contribution in [0.2, 0.25) is 0 Å². The fourth-order valence-corrected chi connectivity index (χ4v) is 2.57. The molecule has 1 aliphatic rings. The van der Waals surface area contributed by atoms with Gasteiger partial charge in [0.1, 0.15) is 18.3 Å². The zero-order chi connectivity index (χ0) is 16.9. The molecule has 0 amide bonds. The van der Waals surface area contributed by atoms with Crippen molar-refractivity contribution >= 4 is 23.1 Å². The third kappa shape index (κ3) is 2.32. The summed E-state index contributed by atoms with van der Waals surface area (Å²) in [5, 5.41) is 30.4. The van der Waals surface area contributed by atoms with Crippen molar-refractivity contribution in [1.82, 2.24) is 19.5 Å². The average molecular weight is 327 g/mol. The zero-order valence-electron chi connectivity index (χ0n) is 12.1. The highest BCUT2D eigenvalue weighted by atomic mass is 16.6. The van der Waals surface area contributed by atoms with E-state index in [-0.39, 0.29) is 23.1 Å². The molecule has 0 bridgehead atoms. The van der Waals surface area contributed by atoms with Gasteiger partial charge >= 0.3 is 0 Å². The molecule has 12 heteroatoms. The van der Waals surface area contributed by atoms with E-state index in [2.05, 4.69) is 15.0 Å². The fraction of sp³-hybridized carbons (Fsp3) is 0.545. The first-order valence-corrected chi connectivity index (χ1v) is 6.73. The maximum atomic E-state index is 12.0. The Morgan fingerprint density at radius 2 is 2.09 bits per heavy atom. The zero-order valence-corrected chi connectivity index (χ0v) is 12.1. The van der Waals surface area contributed by atoms with Gasteiger partial charge in [0.05, 0.1) is 6.61 Å². The Bertz CT molecular complexity index is 787. The number of aromatic amines is 1. The van der Waals surface area contributed by atoms with E-state index in [4.69, 9.17) is 16.3 Å². The van der Waals surface area contributed by atoms with Gasteiger partial charge in [-0.2, -0.15) is 4.98 Å². The van der Waals surface area contributed by atoms with Crippen LogP contribution in [0.5, 0.6) is 0 Å². The lowest BCUT2D eigenvalue weighted by atomic mass is 10.1. The predicted molar refractivity (Wildman–Crippen MR) is 78.2 cm³/mol. The van der Waals surface area contributed by atoms with Crippen molar-refractivity contribution in [1.29, 1.82) is 0 Å². The summed E-state index contributed by atoms with van der Waals surface area (Å²) in [6.07, 6.45) is -4.85. The van der Waals surface area contributed by atoms with Crippen molar-refractivity contribution < 1.29 is 20.1 Å². The highest BCUT2D eigenvalue weighted by Crippen LogP contribution is 2.34. The number of nitrogens with one attached hydrogen (secondary N) is 1. The summed E-state index contributed by atoms with van der Waals surface area (Å²) >= 11 is 0. The highest BCUT2D eigenvalue weighted by molar-refractivity contribution is 5.75. The van der Waals surface area contributed by atoms with Gasteiger partial charge in [-0.1, -0.05) is 0 Å². The number of imidazole rings is 1. The van der Waals surface area contributed by atoms with Crippen molar-refractivity contribution in [2.45, 2.75) is 24.5 Å². The van der Waals surface area contributed by atoms with Crippen molar-refractivity contribution in [2.24, 2.45) is 5.84 Å². The average Bonchev–Trinajstić information content (AvgIpc) is 2.99. The standard InChI is InChI=1S/C11H17N7O5/c1-17(13)11-14-4-7(15-10(12)16-8(4)22)18(11)9-6(21)5(20)3(2-19)23-9/h3,5-6,9,19-21H,2,13H2,1H3,(H3,12,15,16,22)/t3-,5-,6+,9-/m1/s1. The van der Waals surface area contributed by atoms with Gasteiger partial charge in [-0.05, 0) is 0 Å². The second-order valence-corrected chi connectivity index (χ2v) is 5.24. The lowest BCUT2D eigenvalue weighted by Gasteiger charge is -2.21. The number of hydrazine groups is 1. The Hall–Kier alpha value is -2.25. The molecule has 1 aliphatic heterocycles. The smallest absolute Gasteiger partial charge is 0.280 e. The van der Waals surface area contributed by atoms with E-state index in [0.717, 1.165) is 5.01 Å². The van der Waals surface area contributed by atoms with Crippen LogP contribution in [-0.4, -0.2) is 66.8 Å². The van der Waals surface area contributed by atoms with Crippen LogP contribution in [0, 0.1) is 0 Å². The maximum absolute atomic E-state index is 12.0. The molecule has 0 spiro atoms. The van der Waals surface area contributed by atoms with E-state index in [9.17, 15) is 20.1 Å². The second-order valence-electron chi connectivity index (χ2n) is 5.24. The summed E-state index contributed by atoms with van der Waals surface area (Å²) in [4.78, 5) is 22.3. The van der Waals surface area contributed by atoms with Crippen LogP contribution in [-0.2, 0) is 4.74 Å². The molecule has 3 heterocycles. The van der Waals surface area contributed by atoms with Gasteiger partial charge < -0.3 is 25.8 Å². The lowest BCUT2D eigenvalue weighted by Crippen LogP contribution is -2.34. The van der Waals surface area contributed by atoms with Gasteiger partial charge in [0.15, 0.2) is 17.4 Å². The molecule has 0 saturated carbocycles. The Labute approximate surface area is 128 Å². The molecule has 1 saturated heterocycles. The van der Waals surface area contributed by atoms with Crippen LogP contribution < -0.4 is 22.1 Å². The number of ether oxygens (including phenoxy) is 1. The van der Waals surface area contributed by atoms with Gasteiger partial charge in [0.2, 0.25) is 11.9 Å². The van der Waals surface area contributed by atoms with E-state index >= 15 is 0 Å². The summed E-state index contributed by atoms with van der Waals surface area (Å²) < 4.78 is 6.71. The van der Waals surface area contributed by atoms with Crippen LogP contribution in [0.3, 0.4) is 0 Å². The SMILES string of the molecule is CN(N)c1nc2c(=O)[nH]c(N)nc2n1[C@@H]1O[C@H](CO)[C@@H](O)[C@@H]1O. The molecule has 1 fully saturated rings. The van der Waals surface area contributed by atoms with Crippen molar-refractivity contribution in [2.75, 3.05) is 24.4 Å². The summed E-state index contributed by atoms with van der Waals surface area (Å²) in [6, 6.07) is 0.